The van der Waals surface area contributed by atoms with Gasteiger partial charge in [-0.1, -0.05) is 60.7 Å². The second-order valence-corrected chi connectivity index (χ2v) is 8.71. The molecule has 10 nitrogen and oxygen atoms in total. The van der Waals surface area contributed by atoms with Crippen LogP contribution in [0, 0.1) is 0 Å². The largest absolute Gasteiger partial charge is 0.445 e. The van der Waals surface area contributed by atoms with E-state index < -0.39 is 47.6 Å². The summed E-state index contributed by atoms with van der Waals surface area (Å²) in [5.41, 5.74) is 1.48. The number of Topliss-reactive ketones (excluding diaryl/α,β-unsaturated/α-hetero) is 2. The van der Waals surface area contributed by atoms with Crippen LogP contribution >= 0.6 is 0 Å². The molecule has 0 unspecified atom stereocenters. The van der Waals surface area contributed by atoms with Gasteiger partial charge in [0.15, 0.2) is 6.29 Å². The second-order valence-electron chi connectivity index (χ2n) is 8.71. The molecule has 3 rings (SSSR count). The van der Waals surface area contributed by atoms with Gasteiger partial charge in [-0.15, -0.1) is 0 Å². The average molecular weight is 508 g/mol. The molecule has 0 saturated carbocycles. The number of carbonyl (C=O) groups excluding carboxylic acids is 6. The zero-order chi connectivity index (χ0) is 26.8. The summed E-state index contributed by atoms with van der Waals surface area (Å²) in [6.07, 6.45) is 0.0422. The van der Waals surface area contributed by atoms with E-state index in [1.807, 2.05) is 18.2 Å². The SMILES string of the molecule is C[C@H](NC(=O)OCc1ccccc1)C(=O)N1CCC[C@H]1C(=O)N[C@@H](Cc1ccccc1)C(=O)C(=O)C=O. The summed E-state index contributed by atoms with van der Waals surface area (Å²) < 4.78 is 5.16. The Labute approximate surface area is 214 Å². The van der Waals surface area contributed by atoms with Crippen molar-refractivity contribution in [2.75, 3.05) is 6.54 Å². The number of alkyl carbamates (subject to hydrolysis) is 1. The van der Waals surface area contributed by atoms with Gasteiger partial charge < -0.3 is 20.3 Å². The molecule has 2 aromatic rings. The Bertz CT molecular complexity index is 1140. The third-order valence-corrected chi connectivity index (χ3v) is 6.02. The highest BCUT2D eigenvalue weighted by Crippen LogP contribution is 2.19. The van der Waals surface area contributed by atoms with E-state index in [2.05, 4.69) is 10.6 Å². The molecule has 3 amide bonds. The first-order chi connectivity index (χ1) is 17.8. The highest BCUT2D eigenvalue weighted by atomic mass is 16.5. The number of ether oxygens (including phenoxy) is 1. The molecule has 0 aromatic heterocycles. The quantitative estimate of drug-likeness (QED) is 0.266. The van der Waals surface area contributed by atoms with Crippen molar-refractivity contribution in [3.63, 3.8) is 0 Å². The number of ketones is 2. The van der Waals surface area contributed by atoms with Crippen LogP contribution in [0.2, 0.25) is 0 Å². The highest BCUT2D eigenvalue weighted by Gasteiger charge is 2.38. The summed E-state index contributed by atoms with van der Waals surface area (Å²) in [7, 11) is 0. The van der Waals surface area contributed by atoms with Crippen LogP contribution < -0.4 is 10.6 Å². The van der Waals surface area contributed by atoms with Crippen molar-refractivity contribution in [1.82, 2.24) is 15.5 Å². The van der Waals surface area contributed by atoms with Crippen molar-refractivity contribution in [2.24, 2.45) is 0 Å². The smallest absolute Gasteiger partial charge is 0.408 e. The van der Waals surface area contributed by atoms with E-state index in [0.29, 0.717) is 18.4 Å². The van der Waals surface area contributed by atoms with Crippen LogP contribution in [0.25, 0.3) is 0 Å². The van der Waals surface area contributed by atoms with Crippen molar-refractivity contribution in [1.29, 1.82) is 0 Å². The molecule has 1 heterocycles. The number of hydrogen-bond donors (Lipinski definition) is 2. The lowest BCUT2D eigenvalue weighted by Gasteiger charge is -2.28. The van der Waals surface area contributed by atoms with Crippen LogP contribution in [0.3, 0.4) is 0 Å². The Kier molecular flexibility index (Phi) is 9.65. The van der Waals surface area contributed by atoms with Crippen LogP contribution in [-0.2, 0) is 41.7 Å². The van der Waals surface area contributed by atoms with Crippen LogP contribution in [0.15, 0.2) is 60.7 Å². The van der Waals surface area contributed by atoms with E-state index in [-0.39, 0.29) is 25.9 Å². The third kappa shape index (κ3) is 7.57. The van der Waals surface area contributed by atoms with Gasteiger partial charge in [0, 0.05) is 13.0 Å². The van der Waals surface area contributed by atoms with Crippen LogP contribution in [0.5, 0.6) is 0 Å². The van der Waals surface area contributed by atoms with Gasteiger partial charge in [-0.05, 0) is 30.9 Å². The molecule has 10 heteroatoms. The second kappa shape index (κ2) is 13.1. The van der Waals surface area contributed by atoms with E-state index in [1.165, 1.54) is 11.8 Å². The summed E-state index contributed by atoms with van der Waals surface area (Å²) >= 11 is 0. The molecule has 1 aliphatic heterocycles. The summed E-state index contributed by atoms with van der Waals surface area (Å²) in [6, 6.07) is 14.7. The van der Waals surface area contributed by atoms with Gasteiger partial charge in [0.1, 0.15) is 18.7 Å². The molecule has 194 valence electrons. The summed E-state index contributed by atoms with van der Waals surface area (Å²) in [5, 5.41) is 5.03. The molecular weight excluding hydrogens is 478 g/mol. The van der Waals surface area contributed by atoms with Crippen LogP contribution in [0.1, 0.15) is 30.9 Å². The molecule has 2 N–H and O–H groups in total. The monoisotopic (exact) mass is 507 g/mol. The fourth-order valence-electron chi connectivity index (χ4n) is 4.11. The molecule has 1 fully saturated rings. The molecule has 37 heavy (non-hydrogen) atoms. The molecule has 0 spiro atoms. The van der Waals surface area contributed by atoms with Gasteiger partial charge in [0.25, 0.3) is 5.78 Å². The number of amides is 3. The topological polar surface area (TPSA) is 139 Å². The predicted octanol–water partition coefficient (Wildman–Crippen LogP) is 1.36. The standard InChI is InChI=1S/C27H29N3O7/c1-18(28-27(36)37-17-20-11-6-3-7-12-20)26(35)30-14-8-13-22(30)25(34)29-21(24(33)23(32)16-31)15-19-9-4-2-5-10-19/h2-7,9-12,16,18,21-22H,8,13-15,17H2,1H3,(H,28,36)(H,29,34)/t18-,21-,22-/m0/s1. The molecule has 1 aliphatic rings. The summed E-state index contributed by atoms with van der Waals surface area (Å²) in [4.78, 5) is 74.8. The van der Waals surface area contributed by atoms with Crippen LogP contribution in [0.4, 0.5) is 4.79 Å². The van der Waals surface area contributed by atoms with E-state index in [4.69, 9.17) is 4.74 Å². The number of carbonyl (C=O) groups is 6. The maximum atomic E-state index is 13.1. The van der Waals surface area contributed by atoms with E-state index in [9.17, 15) is 28.8 Å². The maximum absolute atomic E-state index is 13.1. The molecular formula is C27H29N3O7. The third-order valence-electron chi connectivity index (χ3n) is 6.02. The first-order valence-electron chi connectivity index (χ1n) is 12.0. The number of benzene rings is 2. The predicted molar refractivity (Wildman–Crippen MR) is 132 cm³/mol. The Morgan fingerprint density at radius 1 is 0.973 bits per heavy atom. The minimum Gasteiger partial charge on any atom is -0.445 e. The lowest BCUT2D eigenvalue weighted by atomic mass is 9.99. The van der Waals surface area contributed by atoms with E-state index >= 15 is 0 Å². The van der Waals surface area contributed by atoms with Gasteiger partial charge in [-0.3, -0.25) is 24.0 Å². The summed E-state index contributed by atoms with van der Waals surface area (Å²) in [6.45, 7) is 1.81. The number of hydrogen-bond acceptors (Lipinski definition) is 7. The van der Waals surface area contributed by atoms with Gasteiger partial charge in [0.05, 0.1) is 6.04 Å². The fraction of sp³-hybridized carbons (Fsp3) is 0.333. The van der Waals surface area contributed by atoms with Crippen molar-refractivity contribution < 1.29 is 33.5 Å². The molecule has 0 bridgehead atoms. The highest BCUT2D eigenvalue weighted by molar-refractivity contribution is 6.59. The summed E-state index contributed by atoms with van der Waals surface area (Å²) in [5.74, 6) is -3.37. The average Bonchev–Trinajstić information content (AvgIpc) is 3.41. The zero-order valence-corrected chi connectivity index (χ0v) is 20.4. The molecule has 0 aliphatic carbocycles. The van der Waals surface area contributed by atoms with Crippen molar-refractivity contribution in [3.8, 4) is 0 Å². The minimum absolute atomic E-state index is 0.0108. The Morgan fingerprint density at radius 3 is 2.22 bits per heavy atom. The van der Waals surface area contributed by atoms with Gasteiger partial charge in [-0.25, -0.2) is 4.79 Å². The molecule has 1 saturated heterocycles. The Morgan fingerprint density at radius 2 is 1.59 bits per heavy atom. The number of nitrogens with one attached hydrogen (secondary N) is 2. The normalized spacial score (nSPS) is 16.2. The Hall–Kier alpha value is -4.34. The lowest BCUT2D eigenvalue weighted by molar-refractivity contribution is -0.143. The minimum atomic E-state index is -1.26. The molecule has 0 radical (unpaired) electrons. The van der Waals surface area contributed by atoms with Gasteiger partial charge >= 0.3 is 6.09 Å². The van der Waals surface area contributed by atoms with E-state index in [1.54, 1.807) is 42.5 Å². The fourth-order valence-corrected chi connectivity index (χ4v) is 4.11. The Balaban J connectivity index is 1.61. The van der Waals surface area contributed by atoms with Crippen molar-refractivity contribution in [3.05, 3.63) is 71.8 Å². The first kappa shape index (κ1) is 27.3. The van der Waals surface area contributed by atoms with Crippen molar-refractivity contribution in [2.45, 2.75) is 50.9 Å². The van der Waals surface area contributed by atoms with Gasteiger partial charge in [0.2, 0.25) is 17.6 Å². The van der Waals surface area contributed by atoms with E-state index in [0.717, 1.165) is 5.56 Å². The number of aldehydes is 1. The number of rotatable bonds is 11. The number of nitrogens with zero attached hydrogens (tertiary/aromatic N) is 1. The zero-order valence-electron chi connectivity index (χ0n) is 20.4. The maximum Gasteiger partial charge on any atom is 0.408 e. The van der Waals surface area contributed by atoms with Crippen LogP contribution in [-0.4, -0.2) is 65.3 Å². The molecule has 2 aromatic carbocycles. The molecule has 3 atom stereocenters. The van der Waals surface area contributed by atoms with Gasteiger partial charge in [-0.2, -0.15) is 0 Å². The first-order valence-corrected chi connectivity index (χ1v) is 12.0. The van der Waals surface area contributed by atoms with Crippen molar-refractivity contribution >= 4 is 35.8 Å². The number of likely N-dealkylation sites (tertiary alicyclic amines) is 1. The lowest BCUT2D eigenvalue weighted by Crippen LogP contribution is -2.55.